The normalized spacial score (nSPS) is 13.1. The minimum atomic E-state index is -4.34. The Labute approximate surface area is 121 Å². The number of rotatable bonds is 5. The first-order valence-electron chi connectivity index (χ1n) is 6.68. The maximum Gasteiger partial charge on any atom is 0.416 e. The molecule has 2 aromatic carbocycles. The van der Waals surface area contributed by atoms with Crippen LogP contribution in [-0.2, 0) is 12.7 Å². The fourth-order valence-corrected chi connectivity index (χ4v) is 2.18. The van der Waals surface area contributed by atoms with E-state index in [1.54, 1.807) is 23.5 Å². The zero-order valence-electron chi connectivity index (χ0n) is 11.3. The molecule has 0 heterocycles. The van der Waals surface area contributed by atoms with Gasteiger partial charge in [0, 0.05) is 5.56 Å². The van der Waals surface area contributed by atoms with Crippen molar-refractivity contribution in [1.29, 1.82) is 0 Å². The molecular formula is C16H17F3NO+. The van der Waals surface area contributed by atoms with Gasteiger partial charge in [-0.1, -0.05) is 48.5 Å². The highest BCUT2D eigenvalue weighted by Crippen LogP contribution is 2.31. The third kappa shape index (κ3) is 4.31. The first kappa shape index (κ1) is 15.5. The van der Waals surface area contributed by atoms with Gasteiger partial charge in [-0.3, -0.25) is 0 Å². The number of nitrogens with two attached hydrogens (primary N) is 1. The molecule has 0 radical (unpaired) electrons. The van der Waals surface area contributed by atoms with Crippen molar-refractivity contribution >= 4 is 0 Å². The molecule has 0 saturated carbocycles. The summed E-state index contributed by atoms with van der Waals surface area (Å²) in [6, 6.07) is 14.6. The smallest absolute Gasteiger partial charge is 0.382 e. The van der Waals surface area contributed by atoms with Crippen molar-refractivity contribution in [2.24, 2.45) is 0 Å². The Morgan fingerprint density at radius 1 is 0.952 bits per heavy atom. The zero-order valence-corrected chi connectivity index (χ0v) is 11.3. The van der Waals surface area contributed by atoms with E-state index in [-0.39, 0.29) is 12.1 Å². The van der Waals surface area contributed by atoms with Crippen molar-refractivity contribution < 1.29 is 23.6 Å². The van der Waals surface area contributed by atoms with Crippen LogP contribution in [0.15, 0.2) is 54.6 Å². The van der Waals surface area contributed by atoms with Gasteiger partial charge < -0.3 is 10.4 Å². The summed E-state index contributed by atoms with van der Waals surface area (Å²) in [6.45, 7) is 0.496. The Hall–Kier alpha value is -1.85. The number of aliphatic hydroxyl groups is 1. The van der Waals surface area contributed by atoms with Crippen molar-refractivity contribution in [3.8, 4) is 0 Å². The maximum absolute atomic E-state index is 12.8. The molecule has 1 atom stereocenters. The van der Waals surface area contributed by atoms with E-state index in [4.69, 9.17) is 0 Å². The van der Waals surface area contributed by atoms with Crippen LogP contribution in [0.3, 0.4) is 0 Å². The minimum absolute atomic E-state index is 0.180. The second-order valence-corrected chi connectivity index (χ2v) is 4.81. The summed E-state index contributed by atoms with van der Waals surface area (Å²) in [5.41, 5.74) is 0.374. The molecule has 0 amide bonds. The molecule has 112 valence electrons. The van der Waals surface area contributed by atoms with Gasteiger partial charge in [0.05, 0.1) is 5.56 Å². The van der Waals surface area contributed by atoms with Crippen LogP contribution < -0.4 is 5.32 Å². The van der Waals surface area contributed by atoms with Crippen LogP contribution in [0.25, 0.3) is 0 Å². The van der Waals surface area contributed by atoms with E-state index < -0.39 is 17.8 Å². The first-order valence-corrected chi connectivity index (χ1v) is 6.68. The summed E-state index contributed by atoms with van der Waals surface area (Å²) < 4.78 is 38.5. The van der Waals surface area contributed by atoms with Gasteiger partial charge in [-0.05, 0) is 11.6 Å². The Bertz CT molecular complexity index is 569. The Morgan fingerprint density at radius 3 is 2.24 bits per heavy atom. The number of alkyl halides is 3. The number of quaternary nitrogens is 1. The minimum Gasteiger partial charge on any atom is -0.382 e. The van der Waals surface area contributed by atoms with Crippen LogP contribution in [0.1, 0.15) is 22.8 Å². The highest BCUT2D eigenvalue weighted by molar-refractivity contribution is 5.28. The van der Waals surface area contributed by atoms with Crippen LogP contribution in [0.2, 0.25) is 0 Å². The molecule has 0 fully saturated rings. The molecule has 0 aliphatic carbocycles. The molecule has 0 spiro atoms. The SMILES string of the molecule is O[C@H](C[NH2+]Cc1ccccc1C(F)(F)F)c1ccccc1. The lowest BCUT2D eigenvalue weighted by molar-refractivity contribution is -0.677. The molecular weight excluding hydrogens is 279 g/mol. The van der Waals surface area contributed by atoms with Gasteiger partial charge in [0.15, 0.2) is 0 Å². The molecule has 0 bridgehead atoms. The monoisotopic (exact) mass is 296 g/mol. The Kier molecular flexibility index (Phi) is 4.98. The van der Waals surface area contributed by atoms with Gasteiger partial charge in [0.1, 0.15) is 19.2 Å². The largest absolute Gasteiger partial charge is 0.416 e. The summed E-state index contributed by atoms with van der Waals surface area (Å²) in [7, 11) is 0. The van der Waals surface area contributed by atoms with Crippen LogP contribution in [0.4, 0.5) is 13.2 Å². The number of hydrogen-bond acceptors (Lipinski definition) is 1. The summed E-state index contributed by atoms with van der Waals surface area (Å²) in [5.74, 6) is 0. The van der Waals surface area contributed by atoms with Crippen LogP contribution in [0, 0.1) is 0 Å². The van der Waals surface area contributed by atoms with Crippen LogP contribution >= 0.6 is 0 Å². The molecule has 2 nitrogen and oxygen atoms in total. The first-order chi connectivity index (χ1) is 9.98. The zero-order chi connectivity index (χ0) is 15.3. The molecule has 0 aliphatic rings. The van der Waals surface area contributed by atoms with Crippen molar-refractivity contribution in [3.63, 3.8) is 0 Å². The van der Waals surface area contributed by atoms with E-state index in [0.717, 1.165) is 11.6 Å². The average molecular weight is 296 g/mol. The van der Waals surface area contributed by atoms with Crippen molar-refractivity contribution in [2.45, 2.75) is 18.8 Å². The highest BCUT2D eigenvalue weighted by Gasteiger charge is 2.33. The predicted octanol–water partition coefficient (Wildman–Crippen LogP) is 2.50. The molecule has 0 aromatic heterocycles. The number of hydrogen-bond donors (Lipinski definition) is 2. The van der Waals surface area contributed by atoms with E-state index in [1.807, 2.05) is 18.2 Å². The summed E-state index contributed by atoms with van der Waals surface area (Å²) in [4.78, 5) is 0. The topological polar surface area (TPSA) is 36.8 Å². The molecule has 0 unspecified atom stereocenters. The van der Waals surface area contributed by atoms with Crippen molar-refractivity contribution in [2.75, 3.05) is 6.54 Å². The number of halogens is 3. The van der Waals surface area contributed by atoms with Gasteiger partial charge in [0.2, 0.25) is 0 Å². The van der Waals surface area contributed by atoms with Gasteiger partial charge in [-0.15, -0.1) is 0 Å². The average Bonchev–Trinajstić information content (AvgIpc) is 2.47. The quantitative estimate of drug-likeness (QED) is 0.874. The van der Waals surface area contributed by atoms with E-state index >= 15 is 0 Å². The highest BCUT2D eigenvalue weighted by atomic mass is 19.4. The van der Waals surface area contributed by atoms with Gasteiger partial charge in [0.25, 0.3) is 0 Å². The Morgan fingerprint density at radius 2 is 1.57 bits per heavy atom. The number of aliphatic hydroxyl groups excluding tert-OH is 1. The fraction of sp³-hybridized carbons (Fsp3) is 0.250. The second-order valence-electron chi connectivity index (χ2n) is 4.81. The molecule has 0 aliphatic heterocycles. The molecule has 5 heteroatoms. The fourth-order valence-electron chi connectivity index (χ4n) is 2.18. The van der Waals surface area contributed by atoms with Crippen molar-refractivity contribution in [1.82, 2.24) is 0 Å². The predicted molar refractivity (Wildman–Crippen MR) is 73.3 cm³/mol. The Balaban J connectivity index is 1.95. The van der Waals surface area contributed by atoms with E-state index in [1.165, 1.54) is 12.1 Å². The number of benzene rings is 2. The second kappa shape index (κ2) is 6.74. The van der Waals surface area contributed by atoms with Crippen LogP contribution in [-0.4, -0.2) is 11.7 Å². The van der Waals surface area contributed by atoms with E-state index in [0.29, 0.717) is 6.54 Å². The summed E-state index contributed by atoms with van der Waals surface area (Å²) >= 11 is 0. The van der Waals surface area contributed by atoms with Crippen LogP contribution in [0.5, 0.6) is 0 Å². The molecule has 21 heavy (non-hydrogen) atoms. The molecule has 3 N–H and O–H groups in total. The molecule has 0 saturated heterocycles. The molecule has 2 rings (SSSR count). The maximum atomic E-state index is 12.8. The van der Waals surface area contributed by atoms with Crippen molar-refractivity contribution in [3.05, 3.63) is 71.3 Å². The third-order valence-corrected chi connectivity index (χ3v) is 3.26. The van der Waals surface area contributed by atoms with Gasteiger partial charge in [-0.25, -0.2) is 0 Å². The van der Waals surface area contributed by atoms with E-state index in [9.17, 15) is 18.3 Å². The summed E-state index contributed by atoms with van der Waals surface area (Å²) in [5, 5.41) is 11.7. The summed E-state index contributed by atoms with van der Waals surface area (Å²) in [6.07, 6.45) is -5.04. The third-order valence-electron chi connectivity index (χ3n) is 3.26. The molecule has 2 aromatic rings. The lowest BCUT2D eigenvalue weighted by atomic mass is 10.1. The standard InChI is InChI=1S/C16H16F3NO/c17-16(18,19)14-9-5-4-8-13(14)10-20-11-15(21)12-6-2-1-3-7-12/h1-9,15,20-21H,10-11H2/p+1/t15-/m1/s1. The van der Waals surface area contributed by atoms with Gasteiger partial charge >= 0.3 is 6.18 Å². The lowest BCUT2D eigenvalue weighted by Gasteiger charge is -2.13. The lowest BCUT2D eigenvalue weighted by Crippen LogP contribution is -2.83. The van der Waals surface area contributed by atoms with E-state index in [2.05, 4.69) is 0 Å². The van der Waals surface area contributed by atoms with Gasteiger partial charge in [-0.2, -0.15) is 13.2 Å².